The number of hydrogen-bond donors (Lipinski definition) is 0. The molecule has 1 aliphatic rings. The van der Waals surface area contributed by atoms with E-state index < -0.39 is 5.63 Å². The van der Waals surface area contributed by atoms with Crippen molar-refractivity contribution >= 4 is 33.6 Å². The van der Waals surface area contributed by atoms with Crippen LogP contribution in [0.4, 0.5) is 0 Å². The van der Waals surface area contributed by atoms with Crippen LogP contribution in [0.2, 0.25) is 0 Å². The number of carbonyl (C=O) groups is 2. The van der Waals surface area contributed by atoms with E-state index in [1.165, 1.54) is 12.3 Å². The van der Waals surface area contributed by atoms with E-state index in [0.717, 1.165) is 16.2 Å². The van der Waals surface area contributed by atoms with Crippen molar-refractivity contribution in [1.82, 2.24) is 4.90 Å². The van der Waals surface area contributed by atoms with Crippen LogP contribution in [0.25, 0.3) is 21.7 Å². The fraction of sp³-hybridized carbons (Fsp3) is 0.240. The number of amides is 1. The van der Waals surface area contributed by atoms with E-state index in [9.17, 15) is 14.4 Å². The Balaban J connectivity index is 1.29. The van der Waals surface area contributed by atoms with Crippen molar-refractivity contribution in [3.8, 4) is 0 Å². The normalized spacial score (nSPS) is 14.7. The van der Waals surface area contributed by atoms with Crippen LogP contribution < -0.4 is 5.63 Å². The summed E-state index contributed by atoms with van der Waals surface area (Å²) in [5, 5.41) is 2.72. The van der Waals surface area contributed by atoms with Gasteiger partial charge in [-0.25, -0.2) is 4.79 Å². The minimum atomic E-state index is -0.483. The van der Waals surface area contributed by atoms with Crippen molar-refractivity contribution in [3.05, 3.63) is 82.6 Å². The molecule has 1 amide bonds. The minimum Gasteiger partial charge on any atom is -0.461 e. The van der Waals surface area contributed by atoms with Gasteiger partial charge in [0.15, 0.2) is 5.76 Å². The van der Waals surface area contributed by atoms with Crippen molar-refractivity contribution in [2.24, 2.45) is 5.92 Å². The van der Waals surface area contributed by atoms with E-state index in [1.807, 2.05) is 30.3 Å². The Labute approximate surface area is 183 Å². The summed E-state index contributed by atoms with van der Waals surface area (Å²) >= 11 is 0. The maximum Gasteiger partial charge on any atom is 0.336 e. The molecule has 0 atom stereocenters. The van der Waals surface area contributed by atoms with Gasteiger partial charge in [-0.2, -0.15) is 0 Å². The number of benzene rings is 2. The smallest absolute Gasteiger partial charge is 0.336 e. The van der Waals surface area contributed by atoms with E-state index in [4.69, 9.17) is 13.6 Å². The van der Waals surface area contributed by atoms with Crippen LogP contribution in [0.5, 0.6) is 0 Å². The minimum absolute atomic E-state index is 0.0134. The number of fused-ring (bicyclic) bond motifs is 3. The Kier molecular flexibility index (Phi) is 5.23. The van der Waals surface area contributed by atoms with Crippen LogP contribution in [0.15, 0.2) is 74.5 Å². The molecule has 0 radical (unpaired) electrons. The quantitative estimate of drug-likeness (QED) is 0.274. The van der Waals surface area contributed by atoms with Gasteiger partial charge in [0.25, 0.3) is 5.91 Å². The molecule has 4 aromatic rings. The summed E-state index contributed by atoms with van der Waals surface area (Å²) in [6, 6.07) is 16.1. The summed E-state index contributed by atoms with van der Waals surface area (Å²) in [6.45, 7) is 0.907. The molecule has 0 aliphatic carbocycles. The molecule has 1 saturated heterocycles. The number of piperidine rings is 1. The fourth-order valence-electron chi connectivity index (χ4n) is 4.28. The maximum absolute atomic E-state index is 12.7. The molecule has 0 N–H and O–H groups in total. The van der Waals surface area contributed by atoms with Crippen LogP contribution in [-0.2, 0) is 16.1 Å². The highest BCUT2D eigenvalue weighted by Crippen LogP contribution is 2.28. The molecule has 7 nitrogen and oxygen atoms in total. The molecule has 1 aliphatic heterocycles. The van der Waals surface area contributed by atoms with E-state index in [-0.39, 0.29) is 24.4 Å². The van der Waals surface area contributed by atoms with Crippen LogP contribution in [-0.4, -0.2) is 29.9 Å². The Morgan fingerprint density at radius 2 is 1.84 bits per heavy atom. The van der Waals surface area contributed by atoms with Crippen LogP contribution >= 0.6 is 0 Å². The molecule has 2 aromatic heterocycles. The van der Waals surface area contributed by atoms with Crippen LogP contribution in [0, 0.1) is 5.92 Å². The van der Waals surface area contributed by atoms with Crippen molar-refractivity contribution < 1.29 is 23.2 Å². The van der Waals surface area contributed by atoms with E-state index in [0.29, 0.717) is 42.8 Å². The lowest BCUT2D eigenvalue weighted by molar-refractivity contribution is -0.151. The van der Waals surface area contributed by atoms with Gasteiger partial charge in [-0.1, -0.05) is 30.3 Å². The second-order valence-corrected chi connectivity index (χ2v) is 7.90. The highest BCUT2D eigenvalue weighted by molar-refractivity contribution is 6.07. The van der Waals surface area contributed by atoms with Gasteiger partial charge in [-0.15, -0.1) is 0 Å². The Morgan fingerprint density at radius 3 is 2.62 bits per heavy atom. The van der Waals surface area contributed by atoms with Crippen molar-refractivity contribution in [2.75, 3.05) is 13.1 Å². The summed E-state index contributed by atoms with van der Waals surface area (Å²) < 4.78 is 16.1. The zero-order valence-electron chi connectivity index (χ0n) is 17.3. The second-order valence-electron chi connectivity index (χ2n) is 7.90. The van der Waals surface area contributed by atoms with Crippen molar-refractivity contribution in [1.29, 1.82) is 0 Å². The summed E-state index contributed by atoms with van der Waals surface area (Å²) in [5.74, 6) is -0.486. The average molecular weight is 431 g/mol. The molecule has 1 fully saturated rings. The highest BCUT2D eigenvalue weighted by atomic mass is 16.5. The fourth-order valence-corrected chi connectivity index (χ4v) is 4.28. The molecule has 32 heavy (non-hydrogen) atoms. The standard InChI is InChI=1S/C25H21NO6/c27-22-14-18(23-19-5-2-1-4-16(19)7-8-20(23)32-22)15-31-25(29)17-9-11-26(12-10-17)24(28)21-6-3-13-30-21/h1-8,13-14,17H,9-12,15H2. The van der Waals surface area contributed by atoms with Gasteiger partial charge in [0, 0.05) is 30.1 Å². The van der Waals surface area contributed by atoms with Gasteiger partial charge in [0.2, 0.25) is 0 Å². The third-order valence-electron chi connectivity index (χ3n) is 5.93. The number of rotatable bonds is 4. The Morgan fingerprint density at radius 1 is 1.03 bits per heavy atom. The van der Waals surface area contributed by atoms with Crippen molar-refractivity contribution in [2.45, 2.75) is 19.4 Å². The van der Waals surface area contributed by atoms with Gasteiger partial charge < -0.3 is 18.5 Å². The number of carbonyl (C=O) groups excluding carboxylic acids is 2. The monoisotopic (exact) mass is 431 g/mol. The Bertz CT molecular complexity index is 1350. The zero-order valence-corrected chi connectivity index (χ0v) is 17.3. The molecule has 0 saturated carbocycles. The molecule has 7 heteroatoms. The third kappa shape index (κ3) is 3.77. The molecule has 0 spiro atoms. The zero-order chi connectivity index (χ0) is 22.1. The van der Waals surface area contributed by atoms with Gasteiger partial charge in [-0.3, -0.25) is 9.59 Å². The first kappa shape index (κ1) is 20.1. The molecule has 0 bridgehead atoms. The summed E-state index contributed by atoms with van der Waals surface area (Å²) in [4.78, 5) is 38.8. The lowest BCUT2D eigenvalue weighted by Gasteiger charge is -2.30. The topological polar surface area (TPSA) is 90.0 Å². The number of nitrogens with zero attached hydrogens (tertiary/aromatic N) is 1. The molecule has 2 aromatic carbocycles. The molecule has 0 unspecified atom stereocenters. The molecule has 162 valence electrons. The number of hydrogen-bond acceptors (Lipinski definition) is 6. The summed E-state index contributed by atoms with van der Waals surface area (Å²) in [5.41, 5.74) is 0.599. The number of furan rings is 1. The lowest BCUT2D eigenvalue weighted by Crippen LogP contribution is -2.40. The van der Waals surface area contributed by atoms with Gasteiger partial charge in [0.05, 0.1) is 12.2 Å². The average Bonchev–Trinajstić information content (AvgIpc) is 3.36. The largest absolute Gasteiger partial charge is 0.461 e. The third-order valence-corrected chi connectivity index (χ3v) is 5.93. The number of likely N-dealkylation sites (tertiary alicyclic amines) is 1. The van der Waals surface area contributed by atoms with Crippen LogP contribution in [0.1, 0.15) is 29.0 Å². The first-order valence-corrected chi connectivity index (χ1v) is 10.5. The van der Waals surface area contributed by atoms with Crippen LogP contribution in [0.3, 0.4) is 0 Å². The maximum atomic E-state index is 12.7. The number of ether oxygens (including phenoxy) is 1. The summed E-state index contributed by atoms with van der Waals surface area (Å²) in [7, 11) is 0. The Hall–Kier alpha value is -3.87. The van der Waals surface area contributed by atoms with Crippen molar-refractivity contribution in [3.63, 3.8) is 0 Å². The first-order chi connectivity index (χ1) is 15.6. The molecule has 5 rings (SSSR count). The highest BCUT2D eigenvalue weighted by Gasteiger charge is 2.29. The lowest BCUT2D eigenvalue weighted by atomic mass is 9.96. The van der Waals surface area contributed by atoms with E-state index in [2.05, 4.69) is 0 Å². The molecular formula is C25H21NO6. The van der Waals surface area contributed by atoms with Gasteiger partial charge in [0.1, 0.15) is 12.2 Å². The molecular weight excluding hydrogens is 410 g/mol. The SMILES string of the molecule is O=C(OCc1cc(=O)oc2ccc3ccccc3c12)C1CCN(C(=O)c2ccco2)CC1. The predicted octanol–water partition coefficient (Wildman–Crippen LogP) is 4.13. The first-order valence-electron chi connectivity index (χ1n) is 10.5. The number of esters is 1. The van der Waals surface area contributed by atoms with Gasteiger partial charge >= 0.3 is 11.6 Å². The van der Waals surface area contributed by atoms with E-state index >= 15 is 0 Å². The van der Waals surface area contributed by atoms with E-state index in [1.54, 1.807) is 23.1 Å². The summed E-state index contributed by atoms with van der Waals surface area (Å²) in [6.07, 6.45) is 2.51. The predicted molar refractivity (Wildman–Crippen MR) is 117 cm³/mol. The molecule has 3 heterocycles. The second kappa shape index (κ2) is 8.34. The van der Waals surface area contributed by atoms with Gasteiger partial charge in [-0.05, 0) is 41.8 Å².